The molecule has 0 radical (unpaired) electrons. The van der Waals surface area contributed by atoms with Crippen molar-refractivity contribution in [3.8, 4) is 0 Å². The van der Waals surface area contributed by atoms with Gasteiger partial charge < -0.3 is 10.4 Å². The largest absolute Gasteiger partial charge is 0.392 e. The summed E-state index contributed by atoms with van der Waals surface area (Å²) in [6.07, 6.45) is 2.04. The summed E-state index contributed by atoms with van der Waals surface area (Å²) < 4.78 is 0. The molecule has 0 unspecified atom stereocenters. The van der Waals surface area contributed by atoms with E-state index in [1.54, 1.807) is 0 Å². The fourth-order valence-electron chi connectivity index (χ4n) is 1.40. The second-order valence-corrected chi connectivity index (χ2v) is 3.29. The molecule has 14 heavy (non-hydrogen) atoms. The van der Waals surface area contributed by atoms with Crippen molar-refractivity contribution in [2.75, 3.05) is 11.9 Å². The Hall–Kier alpha value is -1.09. The zero-order valence-electron chi connectivity index (χ0n) is 8.88. The first-order chi connectivity index (χ1) is 6.80. The van der Waals surface area contributed by atoms with Crippen LogP contribution in [-0.2, 0) is 13.0 Å². The molecule has 0 aliphatic carbocycles. The van der Waals surface area contributed by atoms with E-state index in [-0.39, 0.29) is 6.61 Å². The Balaban J connectivity index is 2.88. The summed E-state index contributed by atoms with van der Waals surface area (Å²) in [5.74, 6) is 0.863. The maximum absolute atomic E-state index is 9.07. The highest BCUT2D eigenvalue weighted by Gasteiger charge is 2.00. The average molecular weight is 194 g/mol. The van der Waals surface area contributed by atoms with Gasteiger partial charge in [-0.25, -0.2) is 4.98 Å². The molecule has 1 aromatic rings. The lowest BCUT2D eigenvalue weighted by atomic mass is 10.1. The highest BCUT2D eigenvalue weighted by atomic mass is 16.3. The molecule has 0 aromatic carbocycles. The topological polar surface area (TPSA) is 45.1 Å². The van der Waals surface area contributed by atoms with Crippen molar-refractivity contribution in [3.63, 3.8) is 0 Å². The molecule has 1 heterocycles. The van der Waals surface area contributed by atoms with Gasteiger partial charge >= 0.3 is 0 Å². The van der Waals surface area contributed by atoms with Crippen molar-refractivity contribution in [3.05, 3.63) is 23.4 Å². The first-order valence-electron chi connectivity index (χ1n) is 5.14. The van der Waals surface area contributed by atoms with E-state index >= 15 is 0 Å². The molecular weight excluding hydrogens is 176 g/mol. The van der Waals surface area contributed by atoms with Crippen LogP contribution in [0.5, 0.6) is 0 Å². The third-order valence-electron chi connectivity index (χ3n) is 1.98. The molecule has 0 spiro atoms. The number of aryl methyl sites for hydroxylation is 1. The van der Waals surface area contributed by atoms with Crippen molar-refractivity contribution in [2.45, 2.75) is 33.3 Å². The smallest absolute Gasteiger partial charge is 0.126 e. The average Bonchev–Trinajstić information content (AvgIpc) is 2.18. The van der Waals surface area contributed by atoms with Gasteiger partial charge in [0, 0.05) is 12.2 Å². The van der Waals surface area contributed by atoms with Crippen LogP contribution < -0.4 is 5.32 Å². The number of anilines is 1. The van der Waals surface area contributed by atoms with Crippen LogP contribution in [0.4, 0.5) is 5.82 Å². The van der Waals surface area contributed by atoms with Gasteiger partial charge in [-0.05, 0) is 31.0 Å². The van der Waals surface area contributed by atoms with Crippen molar-refractivity contribution in [1.82, 2.24) is 4.98 Å². The van der Waals surface area contributed by atoms with Crippen LogP contribution in [0.25, 0.3) is 0 Å². The number of aliphatic hydroxyl groups excluding tert-OH is 1. The highest BCUT2D eigenvalue weighted by Crippen LogP contribution is 2.11. The van der Waals surface area contributed by atoms with Crippen molar-refractivity contribution >= 4 is 5.82 Å². The van der Waals surface area contributed by atoms with Crippen LogP contribution >= 0.6 is 0 Å². The predicted molar refractivity (Wildman–Crippen MR) is 58.3 cm³/mol. The molecule has 0 saturated carbocycles. The second-order valence-electron chi connectivity index (χ2n) is 3.29. The number of aliphatic hydroxyl groups is 1. The Kier molecular flexibility index (Phi) is 4.40. The predicted octanol–water partition coefficient (Wildman–Crippen LogP) is 1.96. The third-order valence-corrected chi connectivity index (χ3v) is 1.98. The first kappa shape index (κ1) is 11.0. The van der Waals surface area contributed by atoms with E-state index in [2.05, 4.69) is 17.2 Å². The van der Waals surface area contributed by atoms with Crippen LogP contribution in [0.2, 0.25) is 0 Å². The second kappa shape index (κ2) is 5.60. The zero-order valence-corrected chi connectivity index (χ0v) is 8.88. The number of rotatable bonds is 5. The molecule has 0 fully saturated rings. The lowest BCUT2D eigenvalue weighted by Gasteiger charge is -2.07. The molecule has 2 N–H and O–H groups in total. The molecule has 0 aliphatic heterocycles. The maximum atomic E-state index is 9.07. The summed E-state index contributed by atoms with van der Waals surface area (Å²) in [5, 5.41) is 12.2. The minimum absolute atomic E-state index is 0.0810. The first-order valence-corrected chi connectivity index (χ1v) is 5.14. The molecule has 3 nitrogen and oxygen atoms in total. The van der Waals surface area contributed by atoms with E-state index in [1.165, 1.54) is 0 Å². The minimum atomic E-state index is 0.0810. The fraction of sp³-hybridized carbons (Fsp3) is 0.545. The summed E-state index contributed by atoms with van der Waals surface area (Å²) in [7, 11) is 0. The van der Waals surface area contributed by atoms with Crippen LogP contribution in [0, 0.1) is 0 Å². The highest BCUT2D eigenvalue weighted by molar-refractivity contribution is 5.39. The van der Waals surface area contributed by atoms with Crippen molar-refractivity contribution in [1.29, 1.82) is 0 Å². The van der Waals surface area contributed by atoms with Gasteiger partial charge in [0.2, 0.25) is 0 Å². The van der Waals surface area contributed by atoms with E-state index in [9.17, 15) is 0 Å². The molecule has 1 rings (SSSR count). The van der Waals surface area contributed by atoms with Crippen LogP contribution in [0.15, 0.2) is 12.1 Å². The van der Waals surface area contributed by atoms with Crippen LogP contribution in [-0.4, -0.2) is 16.6 Å². The van der Waals surface area contributed by atoms with Gasteiger partial charge in [-0.3, -0.25) is 0 Å². The van der Waals surface area contributed by atoms with Gasteiger partial charge in [-0.15, -0.1) is 0 Å². The standard InChI is InChI=1S/C11H18N2O/c1-3-5-10-6-9(8-14)7-11(13-10)12-4-2/h6-7,14H,3-5,8H2,1-2H3,(H,12,13). The number of nitrogens with zero attached hydrogens (tertiary/aromatic N) is 1. The van der Waals surface area contributed by atoms with Gasteiger partial charge in [-0.1, -0.05) is 13.3 Å². The minimum Gasteiger partial charge on any atom is -0.392 e. The Labute approximate surface area is 85.2 Å². The van der Waals surface area contributed by atoms with Gasteiger partial charge in [-0.2, -0.15) is 0 Å². The molecule has 0 amide bonds. The summed E-state index contributed by atoms with van der Waals surface area (Å²) in [6, 6.07) is 3.85. The quantitative estimate of drug-likeness (QED) is 0.753. The van der Waals surface area contributed by atoms with Crippen LogP contribution in [0.3, 0.4) is 0 Å². The molecule has 78 valence electrons. The molecular formula is C11H18N2O. The van der Waals surface area contributed by atoms with Crippen molar-refractivity contribution < 1.29 is 5.11 Å². The number of pyridine rings is 1. The van der Waals surface area contributed by atoms with E-state index < -0.39 is 0 Å². The van der Waals surface area contributed by atoms with E-state index in [0.29, 0.717) is 0 Å². The Bertz CT molecular complexity index is 262. The lowest BCUT2D eigenvalue weighted by Crippen LogP contribution is -2.03. The maximum Gasteiger partial charge on any atom is 0.126 e. The van der Waals surface area contributed by atoms with E-state index in [4.69, 9.17) is 5.11 Å². The van der Waals surface area contributed by atoms with Gasteiger partial charge in [0.15, 0.2) is 0 Å². The lowest BCUT2D eigenvalue weighted by molar-refractivity contribution is 0.281. The Morgan fingerprint density at radius 2 is 2.14 bits per heavy atom. The molecule has 1 aromatic heterocycles. The molecule has 0 atom stereocenters. The number of hydrogen-bond acceptors (Lipinski definition) is 3. The third kappa shape index (κ3) is 3.00. The molecule has 3 heteroatoms. The molecule has 0 bridgehead atoms. The summed E-state index contributed by atoms with van der Waals surface area (Å²) in [6.45, 7) is 5.10. The monoisotopic (exact) mass is 194 g/mol. The van der Waals surface area contributed by atoms with E-state index in [1.807, 2.05) is 19.1 Å². The van der Waals surface area contributed by atoms with Gasteiger partial charge in [0.1, 0.15) is 5.82 Å². The molecule has 0 saturated heterocycles. The van der Waals surface area contributed by atoms with Crippen molar-refractivity contribution in [2.24, 2.45) is 0 Å². The summed E-state index contributed by atoms with van der Waals surface area (Å²) >= 11 is 0. The van der Waals surface area contributed by atoms with Gasteiger partial charge in [0.25, 0.3) is 0 Å². The van der Waals surface area contributed by atoms with Crippen LogP contribution in [0.1, 0.15) is 31.5 Å². The summed E-state index contributed by atoms with van der Waals surface area (Å²) in [5.41, 5.74) is 1.98. The normalized spacial score (nSPS) is 10.2. The number of aromatic nitrogens is 1. The van der Waals surface area contributed by atoms with Gasteiger partial charge in [0.05, 0.1) is 6.61 Å². The summed E-state index contributed by atoms with van der Waals surface area (Å²) in [4.78, 5) is 4.44. The number of hydrogen-bond donors (Lipinski definition) is 2. The SMILES string of the molecule is CCCc1cc(CO)cc(NCC)n1. The molecule has 0 aliphatic rings. The zero-order chi connectivity index (χ0) is 10.4. The fourth-order valence-corrected chi connectivity index (χ4v) is 1.40. The number of nitrogens with one attached hydrogen (secondary N) is 1. The van der Waals surface area contributed by atoms with E-state index in [0.717, 1.165) is 36.5 Å². The Morgan fingerprint density at radius 3 is 2.71 bits per heavy atom. The Morgan fingerprint density at radius 1 is 1.36 bits per heavy atom.